The summed E-state index contributed by atoms with van der Waals surface area (Å²) >= 11 is 0. The fourth-order valence-electron chi connectivity index (χ4n) is 6.06. The van der Waals surface area contributed by atoms with Crippen molar-refractivity contribution >= 4 is 11.6 Å². The lowest BCUT2D eigenvalue weighted by Gasteiger charge is -2.56. The Morgan fingerprint density at radius 2 is 1.95 bits per heavy atom. The van der Waals surface area contributed by atoms with Crippen LogP contribution in [0.25, 0.3) is 0 Å². The number of rotatable bonds is 0. The highest BCUT2D eigenvalue weighted by atomic mass is 16.3. The molecule has 0 saturated heterocycles. The van der Waals surface area contributed by atoms with E-state index >= 15 is 0 Å². The van der Waals surface area contributed by atoms with Gasteiger partial charge in [0.1, 0.15) is 17.3 Å². The molecule has 3 heteroatoms. The van der Waals surface area contributed by atoms with Crippen LogP contribution in [0, 0.1) is 34.5 Å². The summed E-state index contributed by atoms with van der Waals surface area (Å²) in [5, 5.41) is 9.80. The van der Waals surface area contributed by atoms with Crippen molar-refractivity contribution in [3.05, 3.63) is 24.0 Å². The van der Waals surface area contributed by atoms with Gasteiger partial charge < -0.3 is 5.11 Å². The molecule has 0 bridgehead atoms. The van der Waals surface area contributed by atoms with E-state index in [9.17, 15) is 14.7 Å². The van der Waals surface area contributed by atoms with Gasteiger partial charge in [-0.1, -0.05) is 19.9 Å². The van der Waals surface area contributed by atoms with Gasteiger partial charge in [-0.15, -0.1) is 0 Å². The summed E-state index contributed by atoms with van der Waals surface area (Å²) in [7, 11) is 0. The van der Waals surface area contributed by atoms with Crippen molar-refractivity contribution in [1.82, 2.24) is 0 Å². The molecule has 3 saturated carbocycles. The van der Waals surface area contributed by atoms with Crippen molar-refractivity contribution in [3.63, 3.8) is 0 Å². The van der Waals surface area contributed by atoms with E-state index < -0.39 is 5.41 Å². The molecule has 0 aromatic rings. The van der Waals surface area contributed by atoms with Gasteiger partial charge in [-0.2, -0.15) is 0 Å². The molecule has 0 aromatic heterocycles. The van der Waals surface area contributed by atoms with E-state index in [1.54, 1.807) is 6.08 Å². The third kappa shape index (κ3) is 1.63. The standard InChI is InChI=1S/C19H24O3/c1-18-8-7-12(20)9-11(18)3-4-13-14-5-6-16(22)19(14,2)10-15(21)17(13)18/h7-9,11,13-14,17,20H,3-6,10H2,1-2H3. The molecule has 4 aliphatic rings. The zero-order chi connectivity index (χ0) is 15.7. The molecule has 4 rings (SSSR count). The maximum Gasteiger partial charge on any atom is 0.139 e. The van der Waals surface area contributed by atoms with Crippen LogP contribution in [0.1, 0.15) is 46.0 Å². The van der Waals surface area contributed by atoms with Crippen LogP contribution in [0.5, 0.6) is 0 Å². The first kappa shape index (κ1) is 14.2. The minimum absolute atomic E-state index is 0.0100. The molecule has 118 valence electrons. The van der Waals surface area contributed by atoms with Crippen LogP contribution in [0.2, 0.25) is 0 Å². The number of aliphatic hydroxyl groups is 1. The van der Waals surface area contributed by atoms with Gasteiger partial charge in [0.25, 0.3) is 0 Å². The highest BCUT2D eigenvalue weighted by Crippen LogP contribution is 2.62. The number of carbonyl (C=O) groups excluding carboxylic acids is 2. The Bertz CT molecular complexity index is 616. The van der Waals surface area contributed by atoms with E-state index in [-0.39, 0.29) is 23.0 Å². The number of Topliss-reactive ketones (excluding diaryl/α,β-unsaturated/α-hetero) is 2. The summed E-state index contributed by atoms with van der Waals surface area (Å²) in [6.45, 7) is 4.20. The predicted molar refractivity (Wildman–Crippen MR) is 83.1 cm³/mol. The number of allylic oxidation sites excluding steroid dienone is 3. The number of carbonyl (C=O) groups is 2. The molecule has 0 amide bonds. The summed E-state index contributed by atoms with van der Waals surface area (Å²) in [6.07, 6.45) is 9.76. The summed E-state index contributed by atoms with van der Waals surface area (Å²) in [6, 6.07) is 0. The van der Waals surface area contributed by atoms with Gasteiger partial charge in [-0.05, 0) is 49.2 Å². The highest BCUT2D eigenvalue weighted by Gasteiger charge is 2.62. The molecule has 4 aliphatic carbocycles. The average Bonchev–Trinajstić information content (AvgIpc) is 2.75. The van der Waals surface area contributed by atoms with Crippen LogP contribution < -0.4 is 0 Å². The second kappa shape index (κ2) is 4.33. The minimum atomic E-state index is -0.405. The van der Waals surface area contributed by atoms with Crippen molar-refractivity contribution in [2.75, 3.05) is 0 Å². The van der Waals surface area contributed by atoms with E-state index in [0.717, 1.165) is 19.3 Å². The smallest absolute Gasteiger partial charge is 0.139 e. The molecule has 0 heterocycles. The van der Waals surface area contributed by atoms with Crippen molar-refractivity contribution in [2.24, 2.45) is 34.5 Å². The molecule has 6 atom stereocenters. The molecule has 0 radical (unpaired) electrons. The largest absolute Gasteiger partial charge is 0.508 e. The zero-order valence-corrected chi connectivity index (χ0v) is 13.3. The lowest BCUT2D eigenvalue weighted by atomic mass is 9.47. The molecule has 0 spiro atoms. The fraction of sp³-hybridized carbons (Fsp3) is 0.684. The monoisotopic (exact) mass is 300 g/mol. The van der Waals surface area contributed by atoms with Crippen LogP contribution >= 0.6 is 0 Å². The van der Waals surface area contributed by atoms with Crippen LogP contribution in [0.3, 0.4) is 0 Å². The Balaban J connectivity index is 1.76. The molecule has 22 heavy (non-hydrogen) atoms. The van der Waals surface area contributed by atoms with Crippen molar-refractivity contribution < 1.29 is 14.7 Å². The van der Waals surface area contributed by atoms with Gasteiger partial charge in [0.05, 0.1) is 0 Å². The molecule has 0 aromatic carbocycles. The molecule has 0 aliphatic heterocycles. The number of ketones is 2. The molecular weight excluding hydrogens is 276 g/mol. The van der Waals surface area contributed by atoms with Gasteiger partial charge >= 0.3 is 0 Å². The molecule has 6 unspecified atom stereocenters. The highest BCUT2D eigenvalue weighted by molar-refractivity contribution is 5.95. The molecule has 1 N–H and O–H groups in total. The van der Waals surface area contributed by atoms with Gasteiger partial charge in [-0.3, -0.25) is 9.59 Å². The van der Waals surface area contributed by atoms with E-state index in [1.165, 1.54) is 0 Å². The van der Waals surface area contributed by atoms with Crippen LogP contribution in [-0.2, 0) is 9.59 Å². The Labute approximate surface area is 131 Å². The SMILES string of the molecule is CC12CC(=O)C3C(CCC4C=C(O)C=CC43C)C1CCC2=O. The van der Waals surface area contributed by atoms with Crippen molar-refractivity contribution in [2.45, 2.75) is 46.0 Å². The Hall–Kier alpha value is -1.38. The topological polar surface area (TPSA) is 54.4 Å². The minimum Gasteiger partial charge on any atom is -0.508 e. The first-order valence-corrected chi connectivity index (χ1v) is 8.52. The quantitative estimate of drug-likeness (QED) is 0.743. The predicted octanol–water partition coefficient (Wildman–Crippen LogP) is 3.61. The third-order valence-electron chi connectivity index (χ3n) is 7.24. The van der Waals surface area contributed by atoms with Crippen LogP contribution in [0.4, 0.5) is 0 Å². The Morgan fingerprint density at radius 3 is 2.73 bits per heavy atom. The lowest BCUT2D eigenvalue weighted by Crippen LogP contribution is -2.55. The third-order valence-corrected chi connectivity index (χ3v) is 7.24. The fourth-order valence-corrected chi connectivity index (χ4v) is 6.06. The maximum atomic E-state index is 13.0. The number of hydrogen-bond donors (Lipinski definition) is 1. The summed E-state index contributed by atoms with van der Waals surface area (Å²) in [4.78, 5) is 25.3. The summed E-state index contributed by atoms with van der Waals surface area (Å²) < 4.78 is 0. The van der Waals surface area contributed by atoms with E-state index in [0.29, 0.717) is 36.2 Å². The molecular formula is C19H24O3. The molecule has 3 fully saturated rings. The summed E-state index contributed by atoms with van der Waals surface area (Å²) in [5.74, 6) is 1.84. The zero-order valence-electron chi connectivity index (χ0n) is 13.3. The van der Waals surface area contributed by atoms with E-state index in [4.69, 9.17) is 0 Å². The first-order valence-electron chi connectivity index (χ1n) is 8.52. The second-order valence-electron chi connectivity index (χ2n) is 8.25. The Morgan fingerprint density at radius 1 is 1.18 bits per heavy atom. The van der Waals surface area contributed by atoms with Crippen LogP contribution in [-0.4, -0.2) is 16.7 Å². The van der Waals surface area contributed by atoms with Crippen molar-refractivity contribution in [3.8, 4) is 0 Å². The van der Waals surface area contributed by atoms with Gasteiger partial charge in [0.15, 0.2) is 0 Å². The van der Waals surface area contributed by atoms with Gasteiger partial charge in [0, 0.05) is 29.6 Å². The first-order chi connectivity index (χ1) is 10.4. The normalized spacial score (nSPS) is 50.2. The van der Waals surface area contributed by atoms with Gasteiger partial charge in [0.2, 0.25) is 0 Å². The average molecular weight is 300 g/mol. The lowest BCUT2D eigenvalue weighted by molar-refractivity contribution is -0.151. The second-order valence-corrected chi connectivity index (χ2v) is 8.25. The van der Waals surface area contributed by atoms with Crippen molar-refractivity contribution in [1.29, 1.82) is 0 Å². The number of aliphatic hydroxyl groups excluding tert-OH is 1. The van der Waals surface area contributed by atoms with E-state index in [1.807, 2.05) is 13.0 Å². The summed E-state index contributed by atoms with van der Waals surface area (Å²) in [5.41, 5.74) is -0.600. The number of fused-ring (bicyclic) bond motifs is 5. The Kier molecular flexibility index (Phi) is 2.80. The van der Waals surface area contributed by atoms with Crippen LogP contribution in [0.15, 0.2) is 24.0 Å². The number of hydrogen-bond acceptors (Lipinski definition) is 3. The maximum absolute atomic E-state index is 13.0. The van der Waals surface area contributed by atoms with Gasteiger partial charge in [-0.25, -0.2) is 0 Å². The molecule has 3 nitrogen and oxygen atoms in total. The van der Waals surface area contributed by atoms with E-state index in [2.05, 4.69) is 13.0 Å².